The lowest BCUT2D eigenvalue weighted by atomic mass is 9.50. The molecule has 6 aliphatic rings. The number of benzene rings is 1. The molecule has 0 radical (unpaired) electrons. The smallest absolute Gasteiger partial charge is 0.190 e. The Balaban J connectivity index is 1.13. The van der Waals surface area contributed by atoms with E-state index in [1.165, 1.54) is 38.5 Å². The number of sulfone groups is 1. The number of Topliss-reactive ketones (excluding diaryl/α,β-unsaturated/α-hetero) is 1. The lowest BCUT2D eigenvalue weighted by Crippen LogP contribution is -2.48. The Hall–Kier alpha value is -2.13. The maximum atomic E-state index is 13.6. The molecule has 2 aromatic rings. The van der Waals surface area contributed by atoms with E-state index in [4.69, 9.17) is 5.10 Å². The van der Waals surface area contributed by atoms with E-state index in [1.807, 2.05) is 5.01 Å². The second-order valence-corrected chi connectivity index (χ2v) is 15.5. The topological polar surface area (TPSA) is 92.6 Å². The number of nitrogens with zero attached hydrogens (tertiary/aromatic N) is 4. The lowest BCUT2D eigenvalue weighted by Gasteiger charge is -2.55. The molecule has 196 valence electrons. The molecule has 9 heteroatoms. The van der Waals surface area contributed by atoms with Gasteiger partial charge in [0.05, 0.1) is 16.6 Å². The fourth-order valence-corrected chi connectivity index (χ4v) is 10.4. The molecule has 8 rings (SSSR count). The molecular weight excluding hydrogens is 504 g/mol. The van der Waals surface area contributed by atoms with Crippen LogP contribution in [0, 0.1) is 17.8 Å². The molecule has 1 aliphatic heterocycles. The number of hydrogen-bond acceptors (Lipinski definition) is 8. The van der Waals surface area contributed by atoms with Crippen molar-refractivity contribution in [3.8, 4) is 0 Å². The van der Waals surface area contributed by atoms with Crippen molar-refractivity contribution >= 4 is 32.7 Å². The molecule has 0 atom stereocenters. The van der Waals surface area contributed by atoms with Crippen LogP contribution in [0.5, 0.6) is 0 Å². The molecule has 4 bridgehead atoms. The zero-order chi connectivity index (χ0) is 25.2. The Kier molecular flexibility index (Phi) is 5.81. The normalized spacial score (nSPS) is 31.3. The van der Waals surface area contributed by atoms with Gasteiger partial charge in [0.15, 0.2) is 15.6 Å². The third-order valence-electron chi connectivity index (χ3n) is 9.28. The molecule has 1 saturated heterocycles. The average molecular weight is 539 g/mol. The van der Waals surface area contributed by atoms with Crippen LogP contribution in [0.2, 0.25) is 0 Å². The summed E-state index contributed by atoms with van der Waals surface area (Å²) in [5.74, 6) is 2.43. The second kappa shape index (κ2) is 8.97. The Morgan fingerprint density at radius 1 is 0.973 bits per heavy atom. The van der Waals surface area contributed by atoms with Crippen molar-refractivity contribution in [1.82, 2.24) is 15.2 Å². The zero-order valence-electron chi connectivity index (χ0n) is 21.1. The van der Waals surface area contributed by atoms with Gasteiger partial charge in [-0.25, -0.2) is 8.42 Å². The number of carbonyl (C=O) groups is 1. The minimum atomic E-state index is -3.27. The first-order chi connectivity index (χ1) is 17.9. The summed E-state index contributed by atoms with van der Waals surface area (Å²) in [6.45, 7) is 1.67. The molecule has 5 saturated carbocycles. The SMILES string of the molecule is O=C(Cc1nnc(C23CC4CC(CC(C4)C2)C3)s1)/C(=N/N1CCCC1)c1ccc(S(=O)(=O)C2CC2)cc1. The first-order valence-corrected chi connectivity index (χ1v) is 16.3. The van der Waals surface area contributed by atoms with Gasteiger partial charge in [-0.1, -0.05) is 12.1 Å². The molecule has 0 spiro atoms. The summed E-state index contributed by atoms with van der Waals surface area (Å²) in [6.07, 6.45) is 11.6. The summed E-state index contributed by atoms with van der Waals surface area (Å²) in [4.78, 5) is 14.0. The van der Waals surface area contributed by atoms with Crippen molar-refractivity contribution in [2.75, 3.05) is 13.1 Å². The van der Waals surface area contributed by atoms with Crippen molar-refractivity contribution in [2.24, 2.45) is 22.9 Å². The zero-order valence-corrected chi connectivity index (χ0v) is 22.8. The predicted molar refractivity (Wildman–Crippen MR) is 142 cm³/mol. The molecule has 2 heterocycles. The summed E-state index contributed by atoms with van der Waals surface area (Å²) in [7, 11) is -3.27. The van der Waals surface area contributed by atoms with Gasteiger partial charge >= 0.3 is 0 Å². The van der Waals surface area contributed by atoms with Crippen molar-refractivity contribution in [1.29, 1.82) is 0 Å². The molecule has 1 aromatic carbocycles. The van der Waals surface area contributed by atoms with Crippen molar-refractivity contribution in [3.05, 3.63) is 39.8 Å². The molecule has 37 heavy (non-hydrogen) atoms. The van der Waals surface area contributed by atoms with Gasteiger partial charge in [-0.15, -0.1) is 21.5 Å². The van der Waals surface area contributed by atoms with Crippen LogP contribution >= 0.6 is 11.3 Å². The van der Waals surface area contributed by atoms with Crippen molar-refractivity contribution in [2.45, 2.75) is 86.2 Å². The first-order valence-electron chi connectivity index (χ1n) is 13.9. The summed E-state index contributed by atoms with van der Waals surface area (Å²) in [6, 6.07) is 6.74. The highest BCUT2D eigenvalue weighted by molar-refractivity contribution is 7.92. The van der Waals surface area contributed by atoms with Gasteiger partial charge in [0.2, 0.25) is 0 Å². The average Bonchev–Trinajstić information content (AvgIpc) is 3.42. The highest BCUT2D eigenvalue weighted by Gasteiger charge is 2.53. The highest BCUT2D eigenvalue weighted by atomic mass is 32.2. The van der Waals surface area contributed by atoms with E-state index >= 15 is 0 Å². The monoisotopic (exact) mass is 538 g/mol. The first kappa shape index (κ1) is 23.9. The maximum Gasteiger partial charge on any atom is 0.190 e. The van der Waals surface area contributed by atoms with Gasteiger partial charge in [-0.05, 0) is 94.1 Å². The van der Waals surface area contributed by atoms with E-state index in [0.29, 0.717) is 16.2 Å². The van der Waals surface area contributed by atoms with Crippen molar-refractivity contribution < 1.29 is 13.2 Å². The van der Waals surface area contributed by atoms with E-state index in [9.17, 15) is 13.2 Å². The Morgan fingerprint density at radius 2 is 1.59 bits per heavy atom. The lowest BCUT2D eigenvalue weighted by molar-refractivity contribution is -0.112. The highest BCUT2D eigenvalue weighted by Crippen LogP contribution is 2.61. The summed E-state index contributed by atoms with van der Waals surface area (Å²) in [5, 5.41) is 17.5. The molecular formula is C28H34N4O3S2. The van der Waals surface area contributed by atoms with Gasteiger partial charge in [0, 0.05) is 24.1 Å². The fraction of sp³-hybridized carbons (Fsp3) is 0.643. The molecule has 0 amide bonds. The second-order valence-electron chi connectivity index (χ2n) is 12.2. The summed E-state index contributed by atoms with van der Waals surface area (Å²) < 4.78 is 25.3. The number of rotatable bonds is 8. The van der Waals surface area contributed by atoms with E-state index < -0.39 is 9.84 Å². The van der Waals surface area contributed by atoms with Crippen molar-refractivity contribution in [3.63, 3.8) is 0 Å². The minimum Gasteiger partial charge on any atom is -0.296 e. The van der Waals surface area contributed by atoms with Gasteiger partial charge in [-0.3, -0.25) is 9.80 Å². The molecule has 0 N–H and O–H groups in total. The minimum absolute atomic E-state index is 0.0853. The van der Waals surface area contributed by atoms with Crippen LogP contribution in [0.25, 0.3) is 0 Å². The molecule has 6 fully saturated rings. The molecule has 5 aliphatic carbocycles. The Morgan fingerprint density at radius 3 is 2.19 bits per heavy atom. The third kappa shape index (κ3) is 4.46. The van der Waals surface area contributed by atoms with E-state index in [2.05, 4.69) is 10.2 Å². The van der Waals surface area contributed by atoms with Gasteiger partial charge in [0.25, 0.3) is 0 Å². The predicted octanol–water partition coefficient (Wildman–Crippen LogP) is 4.55. The standard InChI is InChI=1S/C28H34N4O3S2/c33-24(14-25-29-30-27(36-25)28-15-18-11-19(16-28)13-20(12-18)17-28)26(31-32-9-1-2-10-32)21-3-5-22(6-4-21)37(34,35)23-7-8-23/h3-6,18-20,23H,1-2,7-17H2/b31-26+. The number of hydrazone groups is 1. The van der Waals surface area contributed by atoms with Gasteiger partial charge < -0.3 is 0 Å². The molecule has 1 aromatic heterocycles. The van der Waals surface area contributed by atoms with Crippen LogP contribution in [-0.4, -0.2) is 53.5 Å². The van der Waals surface area contributed by atoms with Crippen LogP contribution in [0.1, 0.15) is 79.8 Å². The fourth-order valence-electron chi connectivity index (χ4n) is 7.72. The Labute approximate surface area is 222 Å². The summed E-state index contributed by atoms with van der Waals surface area (Å²) >= 11 is 1.63. The molecule has 7 nitrogen and oxygen atoms in total. The van der Waals surface area contributed by atoms with Gasteiger partial charge in [-0.2, -0.15) is 5.10 Å². The van der Waals surface area contributed by atoms with Crippen LogP contribution < -0.4 is 0 Å². The third-order valence-corrected chi connectivity index (χ3v) is 12.7. The van der Waals surface area contributed by atoms with Crippen LogP contribution in [-0.2, 0) is 26.5 Å². The number of hydrogen-bond donors (Lipinski definition) is 0. The maximum absolute atomic E-state index is 13.6. The molecule has 0 unspecified atom stereocenters. The Bertz CT molecular complexity index is 1300. The summed E-state index contributed by atoms with van der Waals surface area (Å²) in [5.41, 5.74) is 1.24. The van der Waals surface area contributed by atoms with E-state index in [-0.39, 0.29) is 22.9 Å². The van der Waals surface area contributed by atoms with E-state index in [0.717, 1.165) is 66.5 Å². The largest absolute Gasteiger partial charge is 0.296 e. The van der Waals surface area contributed by atoms with Crippen LogP contribution in [0.4, 0.5) is 0 Å². The van der Waals surface area contributed by atoms with Gasteiger partial charge in [0.1, 0.15) is 15.7 Å². The van der Waals surface area contributed by atoms with Crippen LogP contribution in [0.15, 0.2) is 34.3 Å². The van der Waals surface area contributed by atoms with E-state index in [1.54, 1.807) is 35.6 Å². The quantitative estimate of drug-likeness (QED) is 0.458. The number of aromatic nitrogens is 2. The number of carbonyl (C=O) groups excluding carboxylic acids is 1. The number of ketones is 1. The van der Waals surface area contributed by atoms with Crippen LogP contribution in [0.3, 0.4) is 0 Å².